The van der Waals surface area contributed by atoms with Gasteiger partial charge in [0.1, 0.15) is 5.58 Å². The van der Waals surface area contributed by atoms with E-state index in [4.69, 9.17) is 15.1 Å². The second-order valence-electron chi connectivity index (χ2n) is 9.24. The van der Waals surface area contributed by atoms with Crippen LogP contribution in [0.4, 0.5) is 23.0 Å². The summed E-state index contributed by atoms with van der Waals surface area (Å²) >= 11 is 0. The van der Waals surface area contributed by atoms with Gasteiger partial charge in [-0.25, -0.2) is 4.98 Å². The molecule has 4 heterocycles. The molecular weight excluding hydrogens is 502 g/mol. The van der Waals surface area contributed by atoms with Crippen molar-refractivity contribution < 1.29 is 9.21 Å². The number of pyridine rings is 1. The molecule has 0 aliphatic heterocycles. The lowest BCUT2D eigenvalue weighted by atomic mass is 10.1. The molecule has 4 aromatic heterocycles. The number of fused-ring (bicyclic) bond motifs is 4. The predicted octanol–water partition coefficient (Wildman–Crippen LogP) is 6.20. The van der Waals surface area contributed by atoms with Crippen molar-refractivity contribution in [3.05, 3.63) is 121 Å². The van der Waals surface area contributed by atoms with Gasteiger partial charge in [-0.15, -0.1) is 0 Å². The maximum atomic E-state index is 12.9. The van der Waals surface area contributed by atoms with Gasteiger partial charge in [0.05, 0.1) is 23.1 Å². The highest BCUT2D eigenvalue weighted by molar-refractivity contribution is 6.10. The summed E-state index contributed by atoms with van der Waals surface area (Å²) < 4.78 is 8.16. The van der Waals surface area contributed by atoms with Gasteiger partial charge in [0.25, 0.3) is 5.91 Å². The molecule has 0 bridgehead atoms. The molecule has 40 heavy (non-hydrogen) atoms. The third kappa shape index (κ3) is 4.01. The Morgan fingerprint density at radius 3 is 2.55 bits per heavy atom. The number of amides is 1. The van der Waals surface area contributed by atoms with Crippen molar-refractivity contribution >= 4 is 56.4 Å². The number of nitrogens with two attached hydrogens (primary N) is 1. The van der Waals surface area contributed by atoms with E-state index in [0.717, 1.165) is 38.8 Å². The summed E-state index contributed by atoms with van der Waals surface area (Å²) in [5, 5.41) is 9.52. The van der Waals surface area contributed by atoms with E-state index in [1.165, 1.54) is 0 Å². The fourth-order valence-electron chi connectivity index (χ4n) is 4.89. The molecule has 3 aromatic carbocycles. The molecule has 9 heteroatoms. The van der Waals surface area contributed by atoms with Crippen LogP contribution in [0.1, 0.15) is 16.1 Å². The third-order valence-corrected chi connectivity index (χ3v) is 6.79. The Kier molecular flexibility index (Phi) is 5.68. The molecule has 7 aromatic rings. The number of hydrogen-bond donors (Lipinski definition) is 2. The number of nitrogens with one attached hydrogen (secondary N) is 1. The van der Waals surface area contributed by atoms with Gasteiger partial charge in [-0.1, -0.05) is 30.3 Å². The highest BCUT2D eigenvalue weighted by atomic mass is 16.3. The predicted molar refractivity (Wildman–Crippen MR) is 155 cm³/mol. The molecule has 0 unspecified atom stereocenters. The standard InChI is InChI=1S/C31H23N7O2/c32-19-22-18-20(12-15-33-22)30(39)36-21-8-10-23(11-9-21)37(31-34-16-13-24-14-17-35-38(24)31)27-6-3-5-26-25-4-1-2-7-28(25)40-29(26)27/h1-18H,19,32H2,(H,36,39). The molecule has 0 atom stereocenters. The molecule has 0 spiro atoms. The van der Waals surface area contributed by atoms with Crippen LogP contribution in [-0.2, 0) is 6.54 Å². The van der Waals surface area contributed by atoms with Gasteiger partial charge in [-0.3, -0.25) is 14.7 Å². The smallest absolute Gasteiger partial charge is 0.255 e. The number of aromatic nitrogens is 4. The highest BCUT2D eigenvalue weighted by Gasteiger charge is 2.22. The topological polar surface area (TPSA) is 115 Å². The van der Waals surface area contributed by atoms with Crippen LogP contribution in [-0.4, -0.2) is 25.5 Å². The number of carbonyl (C=O) groups is 1. The molecule has 9 nitrogen and oxygen atoms in total. The fourth-order valence-corrected chi connectivity index (χ4v) is 4.89. The summed E-state index contributed by atoms with van der Waals surface area (Å²) in [7, 11) is 0. The van der Waals surface area contributed by atoms with Gasteiger partial charge in [-0.2, -0.15) is 9.61 Å². The Hall–Kier alpha value is -5.54. The number of nitrogens with zero attached hydrogens (tertiary/aromatic N) is 5. The summed E-state index contributed by atoms with van der Waals surface area (Å²) in [5.74, 6) is 0.357. The second-order valence-corrected chi connectivity index (χ2v) is 9.24. The molecule has 0 saturated carbocycles. The molecule has 0 radical (unpaired) electrons. The van der Waals surface area contributed by atoms with E-state index in [1.54, 1.807) is 35.2 Å². The van der Waals surface area contributed by atoms with Gasteiger partial charge < -0.3 is 15.5 Å². The summed E-state index contributed by atoms with van der Waals surface area (Å²) in [5.41, 5.74) is 11.5. The highest BCUT2D eigenvalue weighted by Crippen LogP contribution is 2.41. The van der Waals surface area contributed by atoms with Gasteiger partial charge in [0.15, 0.2) is 5.58 Å². The van der Waals surface area contributed by atoms with Gasteiger partial charge in [0.2, 0.25) is 5.95 Å². The van der Waals surface area contributed by atoms with E-state index < -0.39 is 0 Å². The fraction of sp³-hybridized carbons (Fsp3) is 0.0323. The van der Waals surface area contributed by atoms with Crippen molar-refractivity contribution in [3.63, 3.8) is 0 Å². The third-order valence-electron chi connectivity index (χ3n) is 6.79. The lowest BCUT2D eigenvalue weighted by Crippen LogP contribution is -2.16. The summed E-state index contributed by atoms with van der Waals surface area (Å²) in [6, 6.07) is 28.8. The summed E-state index contributed by atoms with van der Waals surface area (Å²) in [4.78, 5) is 23.8. The zero-order valence-corrected chi connectivity index (χ0v) is 21.2. The van der Waals surface area contributed by atoms with Crippen LogP contribution in [0, 0.1) is 0 Å². The first-order valence-corrected chi connectivity index (χ1v) is 12.8. The summed E-state index contributed by atoms with van der Waals surface area (Å²) in [6.07, 6.45) is 5.09. The second kappa shape index (κ2) is 9.64. The van der Waals surface area contributed by atoms with Crippen molar-refractivity contribution in [1.29, 1.82) is 0 Å². The number of anilines is 4. The normalized spacial score (nSPS) is 11.3. The first-order chi connectivity index (χ1) is 19.7. The monoisotopic (exact) mass is 525 g/mol. The minimum atomic E-state index is -0.239. The molecule has 0 fully saturated rings. The van der Waals surface area contributed by atoms with Gasteiger partial charge >= 0.3 is 0 Å². The molecule has 0 aliphatic carbocycles. The molecule has 1 amide bonds. The molecule has 0 saturated heterocycles. The lowest BCUT2D eigenvalue weighted by Gasteiger charge is -2.24. The maximum Gasteiger partial charge on any atom is 0.255 e. The van der Waals surface area contributed by atoms with Crippen LogP contribution < -0.4 is 16.0 Å². The van der Waals surface area contributed by atoms with E-state index in [2.05, 4.69) is 27.5 Å². The number of hydrogen-bond acceptors (Lipinski definition) is 7. The first kappa shape index (κ1) is 23.6. The lowest BCUT2D eigenvalue weighted by molar-refractivity contribution is 0.102. The Morgan fingerprint density at radius 1 is 0.875 bits per heavy atom. The minimum Gasteiger partial charge on any atom is -0.454 e. The average Bonchev–Trinajstić information content (AvgIpc) is 3.64. The maximum absolute atomic E-state index is 12.9. The number of rotatable bonds is 6. The minimum absolute atomic E-state index is 0.239. The quantitative estimate of drug-likeness (QED) is 0.265. The van der Waals surface area contributed by atoms with Crippen molar-refractivity contribution in [2.24, 2.45) is 5.73 Å². The van der Waals surface area contributed by atoms with Crippen LogP contribution in [0.15, 0.2) is 114 Å². The van der Waals surface area contributed by atoms with Crippen LogP contribution in [0.3, 0.4) is 0 Å². The van der Waals surface area contributed by atoms with E-state index in [0.29, 0.717) is 22.9 Å². The van der Waals surface area contributed by atoms with Crippen molar-refractivity contribution in [2.75, 3.05) is 10.2 Å². The Labute approximate surface area is 228 Å². The zero-order valence-electron chi connectivity index (χ0n) is 21.2. The summed E-state index contributed by atoms with van der Waals surface area (Å²) in [6.45, 7) is 0.265. The van der Waals surface area contributed by atoms with Crippen molar-refractivity contribution in [2.45, 2.75) is 6.54 Å². The van der Waals surface area contributed by atoms with Gasteiger partial charge in [0, 0.05) is 46.6 Å². The van der Waals surface area contributed by atoms with E-state index in [9.17, 15) is 4.79 Å². The van der Waals surface area contributed by atoms with Crippen LogP contribution in [0.25, 0.3) is 27.5 Å². The molecular formula is C31H23N7O2. The Morgan fingerprint density at radius 2 is 1.68 bits per heavy atom. The molecule has 0 aliphatic rings. The van der Waals surface area contributed by atoms with E-state index in [-0.39, 0.29) is 12.5 Å². The van der Waals surface area contributed by atoms with Crippen LogP contribution in [0.5, 0.6) is 0 Å². The van der Waals surface area contributed by atoms with E-state index >= 15 is 0 Å². The Bertz CT molecular complexity index is 2010. The Balaban J connectivity index is 1.33. The number of carbonyl (C=O) groups excluding carboxylic acids is 1. The van der Waals surface area contributed by atoms with Crippen molar-refractivity contribution in [3.8, 4) is 0 Å². The number of para-hydroxylation sites is 2. The van der Waals surface area contributed by atoms with Crippen molar-refractivity contribution in [1.82, 2.24) is 19.6 Å². The largest absolute Gasteiger partial charge is 0.454 e. The number of furan rings is 1. The van der Waals surface area contributed by atoms with Gasteiger partial charge in [-0.05, 0) is 60.7 Å². The molecule has 3 N–H and O–H groups in total. The molecule has 7 rings (SSSR count). The van der Waals surface area contributed by atoms with Crippen LogP contribution in [0.2, 0.25) is 0 Å². The number of benzene rings is 3. The average molecular weight is 526 g/mol. The molecule has 194 valence electrons. The first-order valence-electron chi connectivity index (χ1n) is 12.8. The zero-order chi connectivity index (χ0) is 27.1. The SMILES string of the molecule is NCc1cc(C(=O)Nc2ccc(N(c3cccc4c3oc3ccccc34)c3nccc4ccnn34)cc2)ccn1. The van der Waals surface area contributed by atoms with E-state index in [1.807, 2.05) is 71.6 Å². The van der Waals surface area contributed by atoms with Crippen LogP contribution >= 0.6 is 0 Å².